The highest BCUT2D eigenvalue weighted by molar-refractivity contribution is 5.94. The van der Waals surface area contributed by atoms with Crippen LogP contribution < -0.4 is 14.8 Å². The molecule has 1 fully saturated rings. The summed E-state index contributed by atoms with van der Waals surface area (Å²) in [6.07, 6.45) is 2.60. The molecule has 1 amide bonds. The first-order valence-electron chi connectivity index (χ1n) is 10.3. The number of piperidine rings is 1. The van der Waals surface area contributed by atoms with Crippen LogP contribution in [0.3, 0.4) is 0 Å². The predicted molar refractivity (Wildman–Crippen MR) is 116 cm³/mol. The molecular weight excluding hydrogens is 364 g/mol. The number of carbonyl (C=O) groups is 1. The summed E-state index contributed by atoms with van der Waals surface area (Å²) in [7, 11) is 3.22. The van der Waals surface area contributed by atoms with Crippen molar-refractivity contribution in [3.63, 3.8) is 0 Å². The molecule has 1 aliphatic heterocycles. The van der Waals surface area contributed by atoms with E-state index in [1.807, 2.05) is 37.3 Å². The molecule has 1 heterocycles. The number of nitrogens with zero attached hydrogens (tertiary/aromatic N) is 1. The molecule has 1 N–H and O–H groups in total. The Labute approximate surface area is 174 Å². The van der Waals surface area contributed by atoms with Gasteiger partial charge in [0.1, 0.15) is 0 Å². The molecule has 0 spiro atoms. The second kappa shape index (κ2) is 9.79. The van der Waals surface area contributed by atoms with Gasteiger partial charge in [-0.3, -0.25) is 9.69 Å². The van der Waals surface area contributed by atoms with Crippen LogP contribution in [0.15, 0.2) is 42.5 Å². The number of ether oxygens (including phenoxy) is 2. The van der Waals surface area contributed by atoms with E-state index in [2.05, 4.69) is 29.3 Å². The second-order valence-corrected chi connectivity index (χ2v) is 7.99. The average molecular weight is 397 g/mol. The maximum Gasteiger partial charge on any atom is 0.251 e. The van der Waals surface area contributed by atoms with Crippen LogP contribution in [0.4, 0.5) is 0 Å². The summed E-state index contributed by atoms with van der Waals surface area (Å²) < 4.78 is 10.6. The smallest absolute Gasteiger partial charge is 0.251 e. The lowest BCUT2D eigenvalue weighted by atomic mass is 9.99. The number of methoxy groups -OCH3 is 2. The van der Waals surface area contributed by atoms with Crippen LogP contribution in [0, 0.1) is 5.92 Å². The van der Waals surface area contributed by atoms with Gasteiger partial charge in [0.05, 0.1) is 20.3 Å². The van der Waals surface area contributed by atoms with Crippen LogP contribution in [0.25, 0.3) is 0 Å². The average Bonchev–Trinajstić information content (AvgIpc) is 2.73. The molecule has 0 radical (unpaired) electrons. The van der Waals surface area contributed by atoms with Crippen molar-refractivity contribution in [2.45, 2.75) is 39.3 Å². The fourth-order valence-electron chi connectivity index (χ4n) is 3.94. The minimum absolute atomic E-state index is 0.0783. The van der Waals surface area contributed by atoms with Crippen LogP contribution in [0.5, 0.6) is 11.5 Å². The third-order valence-corrected chi connectivity index (χ3v) is 5.62. The van der Waals surface area contributed by atoms with E-state index in [1.54, 1.807) is 14.2 Å². The molecule has 5 nitrogen and oxygen atoms in total. The van der Waals surface area contributed by atoms with Crippen molar-refractivity contribution < 1.29 is 14.3 Å². The highest BCUT2D eigenvalue weighted by atomic mass is 16.5. The van der Waals surface area contributed by atoms with Crippen molar-refractivity contribution in [1.82, 2.24) is 10.2 Å². The van der Waals surface area contributed by atoms with E-state index in [-0.39, 0.29) is 11.9 Å². The van der Waals surface area contributed by atoms with Crippen LogP contribution in [0.1, 0.15) is 54.2 Å². The Morgan fingerprint density at radius 1 is 1.14 bits per heavy atom. The molecule has 0 bridgehead atoms. The van der Waals surface area contributed by atoms with E-state index in [9.17, 15) is 4.79 Å². The first-order chi connectivity index (χ1) is 14.0. The zero-order valence-corrected chi connectivity index (χ0v) is 17.9. The Balaban J connectivity index is 1.60. The lowest BCUT2D eigenvalue weighted by Crippen LogP contribution is -2.33. The molecule has 1 saturated heterocycles. The van der Waals surface area contributed by atoms with Crippen LogP contribution in [-0.2, 0) is 6.54 Å². The summed E-state index contributed by atoms with van der Waals surface area (Å²) in [6, 6.07) is 13.5. The van der Waals surface area contributed by atoms with Crippen molar-refractivity contribution in [2.75, 3.05) is 27.3 Å². The second-order valence-electron chi connectivity index (χ2n) is 7.99. The monoisotopic (exact) mass is 396 g/mol. The van der Waals surface area contributed by atoms with Gasteiger partial charge >= 0.3 is 0 Å². The summed E-state index contributed by atoms with van der Waals surface area (Å²) in [5, 5.41) is 3.06. The van der Waals surface area contributed by atoms with Crippen LogP contribution in [-0.4, -0.2) is 38.1 Å². The third kappa shape index (κ3) is 5.51. The molecule has 2 aromatic rings. The van der Waals surface area contributed by atoms with Gasteiger partial charge in [-0.05, 0) is 67.6 Å². The van der Waals surface area contributed by atoms with Crippen molar-refractivity contribution in [2.24, 2.45) is 5.92 Å². The molecule has 5 heteroatoms. The van der Waals surface area contributed by atoms with Crippen molar-refractivity contribution in [3.8, 4) is 11.5 Å². The SMILES string of the molecule is COc1ccc([C@@H](C)NC(=O)c2ccc(CN3CCC[C@H](C)C3)cc2)cc1OC. The summed E-state index contributed by atoms with van der Waals surface area (Å²) in [6.45, 7) is 7.55. The summed E-state index contributed by atoms with van der Waals surface area (Å²) >= 11 is 0. The van der Waals surface area contributed by atoms with E-state index >= 15 is 0 Å². The molecule has 0 saturated carbocycles. The van der Waals surface area contributed by atoms with Gasteiger partial charge in [-0.15, -0.1) is 0 Å². The summed E-state index contributed by atoms with van der Waals surface area (Å²) in [5.41, 5.74) is 2.89. The topological polar surface area (TPSA) is 50.8 Å². The van der Waals surface area contributed by atoms with Gasteiger partial charge in [-0.1, -0.05) is 25.1 Å². The van der Waals surface area contributed by atoms with E-state index in [4.69, 9.17) is 9.47 Å². The number of carbonyl (C=O) groups excluding carboxylic acids is 1. The number of rotatable bonds is 7. The van der Waals surface area contributed by atoms with Gasteiger partial charge < -0.3 is 14.8 Å². The Hall–Kier alpha value is -2.53. The van der Waals surface area contributed by atoms with Crippen molar-refractivity contribution in [1.29, 1.82) is 0 Å². The number of nitrogens with one attached hydrogen (secondary N) is 1. The lowest BCUT2D eigenvalue weighted by Gasteiger charge is -2.30. The van der Waals surface area contributed by atoms with E-state index in [0.29, 0.717) is 17.1 Å². The van der Waals surface area contributed by atoms with Gasteiger partial charge in [0.15, 0.2) is 11.5 Å². The standard InChI is InChI=1S/C24H32N2O3/c1-17-6-5-13-26(15-17)16-19-7-9-20(10-8-19)24(27)25-18(2)21-11-12-22(28-3)23(14-21)29-4/h7-12,14,17-18H,5-6,13,15-16H2,1-4H3,(H,25,27)/t17-,18+/m0/s1. The molecule has 0 aromatic heterocycles. The molecule has 2 atom stereocenters. The first-order valence-corrected chi connectivity index (χ1v) is 10.3. The number of amides is 1. The minimum atomic E-state index is -0.142. The maximum atomic E-state index is 12.7. The maximum absolute atomic E-state index is 12.7. The molecular formula is C24H32N2O3. The Morgan fingerprint density at radius 3 is 2.52 bits per heavy atom. The van der Waals surface area contributed by atoms with Crippen LogP contribution in [0.2, 0.25) is 0 Å². The third-order valence-electron chi connectivity index (χ3n) is 5.62. The molecule has 3 rings (SSSR count). The normalized spacial score (nSPS) is 18.1. The zero-order valence-electron chi connectivity index (χ0n) is 17.9. The number of benzene rings is 2. The fraction of sp³-hybridized carbons (Fsp3) is 0.458. The number of hydrogen-bond donors (Lipinski definition) is 1. The quantitative estimate of drug-likeness (QED) is 0.752. The van der Waals surface area contributed by atoms with E-state index < -0.39 is 0 Å². The molecule has 29 heavy (non-hydrogen) atoms. The lowest BCUT2D eigenvalue weighted by molar-refractivity contribution is 0.0940. The van der Waals surface area contributed by atoms with Gasteiger partial charge in [0.25, 0.3) is 5.91 Å². The number of likely N-dealkylation sites (tertiary alicyclic amines) is 1. The van der Waals surface area contributed by atoms with Crippen molar-refractivity contribution >= 4 is 5.91 Å². The van der Waals surface area contributed by atoms with Gasteiger partial charge in [-0.25, -0.2) is 0 Å². The van der Waals surface area contributed by atoms with Crippen LogP contribution >= 0.6 is 0 Å². The van der Waals surface area contributed by atoms with Gasteiger partial charge in [0, 0.05) is 18.7 Å². The first kappa shape index (κ1) is 21.2. The summed E-state index contributed by atoms with van der Waals surface area (Å²) in [4.78, 5) is 15.2. The number of hydrogen-bond acceptors (Lipinski definition) is 4. The fourth-order valence-corrected chi connectivity index (χ4v) is 3.94. The Bertz CT molecular complexity index is 819. The van der Waals surface area contributed by atoms with E-state index in [1.165, 1.54) is 18.4 Å². The largest absolute Gasteiger partial charge is 0.493 e. The zero-order chi connectivity index (χ0) is 20.8. The highest BCUT2D eigenvalue weighted by Gasteiger charge is 2.17. The molecule has 1 aliphatic rings. The minimum Gasteiger partial charge on any atom is -0.493 e. The predicted octanol–water partition coefficient (Wildman–Crippen LogP) is 4.43. The molecule has 0 aliphatic carbocycles. The highest BCUT2D eigenvalue weighted by Crippen LogP contribution is 2.30. The molecule has 0 unspecified atom stereocenters. The molecule has 156 valence electrons. The van der Waals surface area contributed by atoms with Gasteiger partial charge in [0.2, 0.25) is 0 Å². The molecule has 2 aromatic carbocycles. The Kier molecular flexibility index (Phi) is 7.15. The Morgan fingerprint density at radius 2 is 1.86 bits per heavy atom. The summed E-state index contributed by atoms with van der Waals surface area (Å²) in [5.74, 6) is 2.02. The van der Waals surface area contributed by atoms with Crippen molar-refractivity contribution in [3.05, 3.63) is 59.2 Å². The van der Waals surface area contributed by atoms with Gasteiger partial charge in [-0.2, -0.15) is 0 Å². The van der Waals surface area contributed by atoms with E-state index in [0.717, 1.165) is 31.1 Å².